The zero-order valence-corrected chi connectivity index (χ0v) is 15.7. The Kier molecular flexibility index (Phi) is 5.25. The lowest BCUT2D eigenvalue weighted by Gasteiger charge is -2.16. The van der Waals surface area contributed by atoms with Crippen molar-refractivity contribution in [2.45, 2.75) is 18.9 Å². The lowest BCUT2D eigenvalue weighted by Crippen LogP contribution is -2.29. The molecule has 8 heteroatoms. The topological polar surface area (TPSA) is 71.3 Å². The number of hydrogen-bond acceptors (Lipinski definition) is 5. The van der Waals surface area contributed by atoms with Crippen molar-refractivity contribution >= 4 is 23.5 Å². The molecular weight excluding hydrogens is 383 g/mol. The van der Waals surface area contributed by atoms with Gasteiger partial charge in [0.2, 0.25) is 5.89 Å². The van der Waals surface area contributed by atoms with E-state index in [2.05, 4.69) is 15.5 Å². The summed E-state index contributed by atoms with van der Waals surface area (Å²) in [6.07, 6.45) is 2.17. The zero-order chi connectivity index (χ0) is 19.5. The van der Waals surface area contributed by atoms with Crippen LogP contribution in [0.25, 0.3) is 0 Å². The molecule has 1 aromatic heterocycles. The Hall–Kier alpha value is -2.93. The molecule has 28 heavy (non-hydrogen) atoms. The van der Waals surface area contributed by atoms with E-state index < -0.39 is 17.8 Å². The van der Waals surface area contributed by atoms with E-state index in [-0.39, 0.29) is 16.5 Å². The van der Waals surface area contributed by atoms with E-state index in [1.807, 2.05) is 35.2 Å². The van der Waals surface area contributed by atoms with Crippen LogP contribution >= 0.6 is 11.6 Å². The van der Waals surface area contributed by atoms with Crippen molar-refractivity contribution in [3.8, 4) is 0 Å². The van der Waals surface area contributed by atoms with E-state index >= 15 is 0 Å². The summed E-state index contributed by atoms with van der Waals surface area (Å²) in [6, 6.07) is 13.0. The maximum Gasteiger partial charge on any atom is 0.318 e. The summed E-state index contributed by atoms with van der Waals surface area (Å²) in [6.45, 7) is 1.75. The number of nitrogens with zero attached hydrogens (tertiary/aromatic N) is 3. The smallest absolute Gasteiger partial charge is 0.318 e. The van der Waals surface area contributed by atoms with Crippen LogP contribution in [0.4, 0.5) is 10.4 Å². The predicted molar refractivity (Wildman–Crippen MR) is 103 cm³/mol. The van der Waals surface area contributed by atoms with Crippen LogP contribution < -0.4 is 10.2 Å². The first-order chi connectivity index (χ1) is 13.6. The largest absolute Gasteiger partial charge is 0.405 e. The molecule has 1 aliphatic rings. The number of aromatic nitrogens is 2. The molecule has 0 aliphatic carbocycles. The Morgan fingerprint density at radius 3 is 2.61 bits per heavy atom. The molecule has 2 heterocycles. The van der Waals surface area contributed by atoms with Crippen LogP contribution in [0.2, 0.25) is 5.02 Å². The Balaban J connectivity index is 1.62. The number of carbonyl (C=O) groups excluding carboxylic acids is 1. The van der Waals surface area contributed by atoms with E-state index in [0.717, 1.165) is 37.6 Å². The van der Waals surface area contributed by atoms with Crippen molar-refractivity contribution in [2.75, 3.05) is 18.0 Å². The van der Waals surface area contributed by atoms with E-state index in [1.54, 1.807) is 0 Å². The number of amides is 1. The predicted octanol–water partition coefficient (Wildman–Crippen LogP) is 3.98. The second-order valence-electron chi connectivity index (χ2n) is 6.56. The van der Waals surface area contributed by atoms with Gasteiger partial charge in [0.15, 0.2) is 0 Å². The third-order valence-electron chi connectivity index (χ3n) is 4.64. The van der Waals surface area contributed by atoms with Gasteiger partial charge in [-0.05, 0) is 36.6 Å². The fraction of sp³-hybridized carbons (Fsp3) is 0.250. The maximum absolute atomic E-state index is 13.4. The molecule has 1 aliphatic heterocycles. The quantitative estimate of drug-likeness (QED) is 0.701. The summed E-state index contributed by atoms with van der Waals surface area (Å²) in [4.78, 5) is 14.8. The van der Waals surface area contributed by atoms with Gasteiger partial charge in [-0.3, -0.25) is 4.79 Å². The third kappa shape index (κ3) is 3.84. The molecule has 1 unspecified atom stereocenters. The van der Waals surface area contributed by atoms with E-state index in [9.17, 15) is 9.18 Å². The van der Waals surface area contributed by atoms with Crippen molar-refractivity contribution in [3.05, 3.63) is 76.4 Å². The normalized spacial score (nSPS) is 14.9. The number of halogens is 2. The lowest BCUT2D eigenvalue weighted by molar-refractivity contribution is 0.0938. The van der Waals surface area contributed by atoms with Crippen molar-refractivity contribution in [1.29, 1.82) is 0 Å². The SMILES string of the molecule is O=C(NC(c1ccccc1)c1nnc(N2CCCC2)o1)c1ccc(F)c(Cl)c1. The average molecular weight is 401 g/mol. The summed E-state index contributed by atoms with van der Waals surface area (Å²) in [5.41, 5.74) is 1.03. The summed E-state index contributed by atoms with van der Waals surface area (Å²) in [7, 11) is 0. The molecule has 0 saturated carbocycles. The van der Waals surface area contributed by atoms with Crippen LogP contribution in [0.5, 0.6) is 0 Å². The zero-order valence-electron chi connectivity index (χ0n) is 14.9. The van der Waals surface area contributed by atoms with Crippen LogP contribution in [-0.4, -0.2) is 29.2 Å². The highest BCUT2D eigenvalue weighted by Gasteiger charge is 2.26. The van der Waals surface area contributed by atoms with Crippen LogP contribution in [0.1, 0.15) is 40.7 Å². The van der Waals surface area contributed by atoms with Crippen molar-refractivity contribution in [3.63, 3.8) is 0 Å². The molecular formula is C20H18ClFN4O2. The molecule has 1 amide bonds. The minimum atomic E-state index is -0.638. The van der Waals surface area contributed by atoms with Gasteiger partial charge in [-0.25, -0.2) is 4.39 Å². The Morgan fingerprint density at radius 1 is 1.14 bits per heavy atom. The standard InChI is InChI=1S/C20H18ClFN4O2/c21-15-12-14(8-9-16(15)22)18(27)23-17(13-6-2-1-3-7-13)19-24-25-20(28-19)26-10-4-5-11-26/h1-3,6-9,12,17H,4-5,10-11H2,(H,23,27). The second kappa shape index (κ2) is 7.98. The van der Waals surface area contributed by atoms with Gasteiger partial charge in [0.1, 0.15) is 11.9 Å². The number of benzene rings is 2. The highest BCUT2D eigenvalue weighted by Crippen LogP contribution is 2.26. The van der Waals surface area contributed by atoms with Gasteiger partial charge in [-0.2, -0.15) is 0 Å². The summed E-state index contributed by atoms with van der Waals surface area (Å²) >= 11 is 5.80. The monoisotopic (exact) mass is 400 g/mol. The van der Waals surface area contributed by atoms with Crippen molar-refractivity contribution in [2.24, 2.45) is 0 Å². The average Bonchev–Trinajstić information content (AvgIpc) is 3.40. The first-order valence-electron chi connectivity index (χ1n) is 9.01. The van der Waals surface area contributed by atoms with Crippen LogP contribution in [0.3, 0.4) is 0 Å². The Morgan fingerprint density at radius 2 is 1.89 bits per heavy atom. The third-order valence-corrected chi connectivity index (χ3v) is 4.93. The number of rotatable bonds is 5. The second-order valence-corrected chi connectivity index (χ2v) is 6.97. The van der Waals surface area contributed by atoms with Gasteiger partial charge in [-0.1, -0.05) is 47.0 Å². The first kappa shape index (κ1) is 18.4. The summed E-state index contributed by atoms with van der Waals surface area (Å²) in [5, 5.41) is 11.1. The van der Waals surface area contributed by atoms with Crippen LogP contribution in [-0.2, 0) is 0 Å². The van der Waals surface area contributed by atoms with Gasteiger partial charge < -0.3 is 14.6 Å². The minimum absolute atomic E-state index is 0.113. The van der Waals surface area contributed by atoms with Crippen LogP contribution in [0.15, 0.2) is 52.9 Å². The molecule has 3 aromatic rings. The van der Waals surface area contributed by atoms with Crippen molar-refractivity contribution < 1.29 is 13.6 Å². The molecule has 6 nitrogen and oxygen atoms in total. The number of hydrogen-bond donors (Lipinski definition) is 1. The molecule has 4 rings (SSSR count). The molecule has 0 bridgehead atoms. The maximum atomic E-state index is 13.4. The molecule has 1 N–H and O–H groups in total. The lowest BCUT2D eigenvalue weighted by atomic mass is 10.1. The van der Waals surface area contributed by atoms with Gasteiger partial charge >= 0.3 is 6.01 Å². The van der Waals surface area contributed by atoms with Crippen molar-refractivity contribution in [1.82, 2.24) is 15.5 Å². The molecule has 1 saturated heterocycles. The summed E-state index contributed by atoms with van der Waals surface area (Å²) in [5.74, 6) is -0.712. The number of nitrogens with one attached hydrogen (secondary N) is 1. The van der Waals surface area contributed by atoms with Gasteiger partial charge in [0.05, 0.1) is 5.02 Å². The fourth-order valence-electron chi connectivity index (χ4n) is 3.16. The number of carbonyl (C=O) groups is 1. The highest BCUT2D eigenvalue weighted by molar-refractivity contribution is 6.31. The Bertz CT molecular complexity index is 973. The van der Waals surface area contributed by atoms with Crippen LogP contribution in [0, 0.1) is 5.82 Å². The fourth-order valence-corrected chi connectivity index (χ4v) is 3.34. The molecule has 1 atom stereocenters. The Labute approximate surface area is 166 Å². The minimum Gasteiger partial charge on any atom is -0.405 e. The van der Waals surface area contributed by atoms with Gasteiger partial charge in [0.25, 0.3) is 5.91 Å². The molecule has 0 spiro atoms. The highest BCUT2D eigenvalue weighted by atomic mass is 35.5. The number of anilines is 1. The van der Waals surface area contributed by atoms with E-state index in [0.29, 0.717) is 6.01 Å². The molecule has 144 valence electrons. The van der Waals surface area contributed by atoms with Gasteiger partial charge in [0, 0.05) is 18.7 Å². The molecule has 0 radical (unpaired) electrons. The molecule has 2 aromatic carbocycles. The first-order valence-corrected chi connectivity index (χ1v) is 9.39. The molecule has 1 fully saturated rings. The van der Waals surface area contributed by atoms with E-state index in [4.69, 9.17) is 16.0 Å². The summed E-state index contributed by atoms with van der Waals surface area (Å²) < 4.78 is 19.3. The van der Waals surface area contributed by atoms with Gasteiger partial charge in [-0.15, -0.1) is 5.10 Å². The van der Waals surface area contributed by atoms with E-state index in [1.165, 1.54) is 12.1 Å².